The fourth-order valence-corrected chi connectivity index (χ4v) is 3.38. The van der Waals surface area contributed by atoms with Crippen LogP contribution in [0.2, 0.25) is 0 Å². The van der Waals surface area contributed by atoms with Crippen molar-refractivity contribution in [3.05, 3.63) is 0 Å². The molecule has 0 aromatic rings. The van der Waals surface area contributed by atoms with Gasteiger partial charge in [-0.1, -0.05) is 6.92 Å². The maximum absolute atomic E-state index is 11.4. The van der Waals surface area contributed by atoms with Gasteiger partial charge in [0, 0.05) is 11.6 Å². The zero-order valence-electron chi connectivity index (χ0n) is 8.05. The van der Waals surface area contributed by atoms with E-state index >= 15 is 0 Å². The van der Waals surface area contributed by atoms with Crippen LogP contribution in [0.25, 0.3) is 0 Å². The summed E-state index contributed by atoms with van der Waals surface area (Å²) >= 11 is 5.77. The van der Waals surface area contributed by atoms with Gasteiger partial charge in [0.25, 0.3) is 0 Å². The number of hydrogen-bond acceptors (Lipinski definition) is 2. The Balaban J connectivity index is 2.33. The van der Waals surface area contributed by atoms with Crippen molar-refractivity contribution in [2.24, 2.45) is 5.41 Å². The predicted octanol–water partition coefficient (Wildman–Crippen LogP) is 2.22. The van der Waals surface area contributed by atoms with E-state index in [4.69, 9.17) is 11.6 Å². The summed E-state index contributed by atoms with van der Waals surface area (Å²) in [6.07, 6.45) is 3.70. The lowest BCUT2D eigenvalue weighted by atomic mass is 10.1. The fraction of sp³-hybridized carbons (Fsp3) is 1.00. The van der Waals surface area contributed by atoms with Crippen LogP contribution < -0.4 is 0 Å². The highest BCUT2D eigenvalue weighted by Gasteiger charge is 2.41. The van der Waals surface area contributed by atoms with Crippen molar-refractivity contribution in [2.75, 3.05) is 17.4 Å². The van der Waals surface area contributed by atoms with Gasteiger partial charge in [-0.25, -0.2) is 8.42 Å². The van der Waals surface area contributed by atoms with Gasteiger partial charge in [0.2, 0.25) is 0 Å². The minimum absolute atomic E-state index is 0.183. The smallest absolute Gasteiger partial charge is 0.150 e. The molecule has 2 nitrogen and oxygen atoms in total. The molecule has 0 aromatic carbocycles. The van der Waals surface area contributed by atoms with Gasteiger partial charge in [-0.15, -0.1) is 11.6 Å². The summed E-state index contributed by atoms with van der Waals surface area (Å²) in [4.78, 5) is 0. The second-order valence-corrected chi connectivity index (χ2v) is 6.61. The Morgan fingerprint density at radius 2 is 1.92 bits per heavy atom. The standard InChI is InChI=1S/C9H17ClO2S/c1-2-6-13(11,12)7-5-9(8-10)3-4-9/h2-8H2,1H3. The van der Waals surface area contributed by atoms with Crippen molar-refractivity contribution >= 4 is 21.4 Å². The average Bonchev–Trinajstić information content (AvgIpc) is 2.82. The molecule has 0 radical (unpaired) electrons. The largest absolute Gasteiger partial charge is 0.229 e. The Bertz CT molecular complexity index is 255. The molecule has 4 heteroatoms. The molecule has 1 rings (SSSR count). The Hall–Kier alpha value is 0.240. The normalized spacial score (nSPS) is 20.2. The Morgan fingerprint density at radius 3 is 2.31 bits per heavy atom. The van der Waals surface area contributed by atoms with E-state index in [0.717, 1.165) is 25.7 Å². The number of halogens is 1. The third-order valence-electron chi connectivity index (χ3n) is 2.70. The van der Waals surface area contributed by atoms with E-state index in [1.807, 2.05) is 6.92 Å². The maximum atomic E-state index is 11.4. The van der Waals surface area contributed by atoms with Crippen LogP contribution in [0.5, 0.6) is 0 Å². The van der Waals surface area contributed by atoms with Crippen LogP contribution in [0.3, 0.4) is 0 Å². The van der Waals surface area contributed by atoms with Crippen LogP contribution in [0.1, 0.15) is 32.6 Å². The highest BCUT2D eigenvalue weighted by molar-refractivity contribution is 7.91. The van der Waals surface area contributed by atoms with Gasteiger partial charge in [0.1, 0.15) is 9.84 Å². The highest BCUT2D eigenvalue weighted by Crippen LogP contribution is 2.49. The molecule has 0 spiro atoms. The van der Waals surface area contributed by atoms with E-state index in [1.165, 1.54) is 0 Å². The lowest BCUT2D eigenvalue weighted by Gasteiger charge is -2.10. The molecule has 1 saturated carbocycles. The molecule has 0 atom stereocenters. The summed E-state index contributed by atoms with van der Waals surface area (Å²) in [7, 11) is -2.79. The fourth-order valence-electron chi connectivity index (χ4n) is 1.41. The van der Waals surface area contributed by atoms with E-state index < -0.39 is 9.84 Å². The first-order valence-electron chi connectivity index (χ1n) is 4.80. The molecule has 0 saturated heterocycles. The van der Waals surface area contributed by atoms with Crippen LogP contribution in [0.15, 0.2) is 0 Å². The minimum Gasteiger partial charge on any atom is -0.229 e. The molecular formula is C9H17ClO2S. The van der Waals surface area contributed by atoms with Gasteiger partial charge in [-0.3, -0.25) is 0 Å². The van der Waals surface area contributed by atoms with Gasteiger partial charge < -0.3 is 0 Å². The van der Waals surface area contributed by atoms with E-state index in [9.17, 15) is 8.42 Å². The first kappa shape index (κ1) is 11.3. The predicted molar refractivity (Wildman–Crippen MR) is 55.9 cm³/mol. The van der Waals surface area contributed by atoms with Gasteiger partial charge in [-0.05, 0) is 31.1 Å². The second-order valence-electron chi connectivity index (χ2n) is 4.04. The molecule has 0 amide bonds. The third kappa shape index (κ3) is 3.47. The summed E-state index contributed by atoms with van der Waals surface area (Å²) in [6.45, 7) is 1.89. The third-order valence-corrected chi connectivity index (χ3v) is 5.12. The molecule has 0 aliphatic heterocycles. The van der Waals surface area contributed by atoms with Crippen LogP contribution in [-0.4, -0.2) is 25.8 Å². The first-order valence-corrected chi connectivity index (χ1v) is 7.16. The van der Waals surface area contributed by atoms with Crippen LogP contribution >= 0.6 is 11.6 Å². The second kappa shape index (κ2) is 4.18. The number of rotatable bonds is 6. The van der Waals surface area contributed by atoms with Gasteiger partial charge in [0.15, 0.2) is 0 Å². The quantitative estimate of drug-likeness (QED) is 0.649. The molecule has 78 valence electrons. The SMILES string of the molecule is CCCS(=O)(=O)CCC1(CCl)CC1. The van der Waals surface area contributed by atoms with Crippen molar-refractivity contribution in [3.8, 4) is 0 Å². The van der Waals surface area contributed by atoms with E-state index in [2.05, 4.69) is 0 Å². The zero-order chi connectivity index (χ0) is 9.95. The Labute approximate surface area is 85.6 Å². The van der Waals surface area contributed by atoms with Crippen LogP contribution in [0.4, 0.5) is 0 Å². The van der Waals surface area contributed by atoms with Crippen molar-refractivity contribution < 1.29 is 8.42 Å². The molecule has 1 fully saturated rings. The lowest BCUT2D eigenvalue weighted by Crippen LogP contribution is -2.15. The van der Waals surface area contributed by atoms with Gasteiger partial charge in [0.05, 0.1) is 5.75 Å². The molecule has 0 N–H and O–H groups in total. The molecule has 0 unspecified atom stereocenters. The number of hydrogen-bond donors (Lipinski definition) is 0. The minimum atomic E-state index is -2.79. The van der Waals surface area contributed by atoms with E-state index in [0.29, 0.717) is 17.4 Å². The molecule has 0 aromatic heterocycles. The molecule has 0 heterocycles. The summed E-state index contributed by atoms with van der Waals surface area (Å²) < 4.78 is 22.8. The maximum Gasteiger partial charge on any atom is 0.150 e. The van der Waals surface area contributed by atoms with Crippen molar-refractivity contribution in [3.63, 3.8) is 0 Å². The number of sulfone groups is 1. The first-order chi connectivity index (χ1) is 6.04. The van der Waals surface area contributed by atoms with Gasteiger partial charge >= 0.3 is 0 Å². The summed E-state index contributed by atoms with van der Waals surface area (Å²) in [5.74, 6) is 1.27. The monoisotopic (exact) mass is 224 g/mol. The molecule has 0 bridgehead atoms. The van der Waals surface area contributed by atoms with Crippen molar-refractivity contribution in [1.82, 2.24) is 0 Å². The van der Waals surface area contributed by atoms with E-state index in [1.54, 1.807) is 0 Å². The lowest BCUT2D eigenvalue weighted by molar-refractivity contribution is 0.540. The number of alkyl halides is 1. The average molecular weight is 225 g/mol. The molecule has 1 aliphatic carbocycles. The summed E-state index contributed by atoms with van der Waals surface area (Å²) in [6, 6.07) is 0. The van der Waals surface area contributed by atoms with Crippen molar-refractivity contribution in [2.45, 2.75) is 32.6 Å². The highest BCUT2D eigenvalue weighted by atomic mass is 35.5. The summed E-state index contributed by atoms with van der Waals surface area (Å²) in [5.41, 5.74) is 0.183. The molecular weight excluding hydrogens is 208 g/mol. The van der Waals surface area contributed by atoms with Crippen LogP contribution in [-0.2, 0) is 9.84 Å². The Kier molecular flexibility index (Phi) is 3.64. The zero-order valence-corrected chi connectivity index (χ0v) is 9.62. The topological polar surface area (TPSA) is 34.1 Å². The molecule has 1 aliphatic rings. The van der Waals surface area contributed by atoms with Gasteiger partial charge in [-0.2, -0.15) is 0 Å². The van der Waals surface area contributed by atoms with E-state index in [-0.39, 0.29) is 5.41 Å². The summed E-state index contributed by atoms with van der Waals surface area (Å²) in [5, 5.41) is 0. The van der Waals surface area contributed by atoms with Crippen LogP contribution in [0, 0.1) is 5.41 Å². The Morgan fingerprint density at radius 1 is 1.31 bits per heavy atom. The van der Waals surface area contributed by atoms with Crippen molar-refractivity contribution in [1.29, 1.82) is 0 Å². The molecule has 13 heavy (non-hydrogen) atoms.